The zero-order valence-corrected chi connectivity index (χ0v) is 7.95. The number of allylic oxidation sites excluding steroid dienone is 3. The fraction of sp³-hybridized carbons (Fsp3) is 0.455. The Morgan fingerprint density at radius 3 is 3.08 bits per heavy atom. The van der Waals surface area contributed by atoms with Crippen molar-refractivity contribution in [3.63, 3.8) is 0 Å². The Morgan fingerprint density at radius 2 is 2.46 bits per heavy atom. The van der Waals surface area contributed by atoms with E-state index in [9.17, 15) is 4.79 Å². The lowest BCUT2D eigenvalue weighted by Crippen LogP contribution is -2.10. The van der Waals surface area contributed by atoms with Gasteiger partial charge in [-0.3, -0.25) is 0 Å². The third-order valence-electron chi connectivity index (χ3n) is 1.85. The van der Waals surface area contributed by atoms with Crippen molar-refractivity contribution in [3.05, 3.63) is 30.2 Å². The topological polar surface area (TPSA) is 26.3 Å². The van der Waals surface area contributed by atoms with Crippen molar-refractivity contribution in [1.82, 2.24) is 0 Å². The van der Waals surface area contributed by atoms with Gasteiger partial charge in [-0.2, -0.15) is 0 Å². The maximum Gasteiger partial charge on any atom is 0.334 e. The van der Waals surface area contributed by atoms with Gasteiger partial charge in [-0.15, -0.1) is 0 Å². The molecule has 0 spiro atoms. The molecule has 2 heteroatoms. The third-order valence-corrected chi connectivity index (χ3v) is 1.85. The van der Waals surface area contributed by atoms with Crippen LogP contribution in [0.25, 0.3) is 0 Å². The summed E-state index contributed by atoms with van der Waals surface area (Å²) in [4.78, 5) is 11.3. The summed E-state index contributed by atoms with van der Waals surface area (Å²) in [6.45, 7) is 2.60. The monoisotopic (exact) mass is 179 g/mol. The Morgan fingerprint density at radius 1 is 1.62 bits per heavy atom. The van der Waals surface area contributed by atoms with Crippen molar-refractivity contribution in [2.45, 2.75) is 26.2 Å². The van der Waals surface area contributed by atoms with E-state index in [1.807, 2.05) is 18.6 Å². The highest BCUT2D eigenvalue weighted by atomic mass is 16.5. The molecule has 1 rings (SSSR count). The molecule has 0 heterocycles. The predicted molar refractivity (Wildman–Crippen MR) is 52.0 cm³/mol. The molecule has 0 amide bonds. The Labute approximate surface area is 79.3 Å². The van der Waals surface area contributed by atoms with Gasteiger partial charge in [0.2, 0.25) is 0 Å². The first-order chi connectivity index (χ1) is 6.34. The lowest BCUT2D eigenvalue weighted by Gasteiger charge is -2.08. The first-order valence-electron chi connectivity index (χ1n) is 4.71. The first-order valence-corrected chi connectivity index (χ1v) is 4.71. The molecule has 0 fully saturated rings. The molecule has 0 bridgehead atoms. The quantitative estimate of drug-likeness (QED) is 0.489. The molecule has 0 unspecified atom stereocenters. The molecule has 1 aliphatic carbocycles. The van der Waals surface area contributed by atoms with Crippen LogP contribution in [0.3, 0.4) is 0 Å². The molecule has 0 N–H and O–H groups in total. The molecule has 0 atom stereocenters. The summed E-state index contributed by atoms with van der Waals surface area (Å²) in [7, 11) is 0. The molecular weight excluding hydrogens is 164 g/mol. The van der Waals surface area contributed by atoms with Gasteiger partial charge in [-0.1, -0.05) is 31.6 Å². The molecule has 0 aromatic rings. The lowest BCUT2D eigenvalue weighted by molar-refractivity contribution is -0.138. The molecule has 13 heavy (non-hydrogen) atoms. The van der Waals surface area contributed by atoms with E-state index in [0.717, 1.165) is 19.3 Å². The van der Waals surface area contributed by atoms with Crippen molar-refractivity contribution < 1.29 is 9.53 Å². The van der Waals surface area contributed by atoms with Crippen LogP contribution in [0.4, 0.5) is 0 Å². The van der Waals surface area contributed by atoms with Crippen LogP contribution in [0.5, 0.6) is 0 Å². The van der Waals surface area contributed by atoms with Crippen molar-refractivity contribution in [2.75, 3.05) is 6.61 Å². The highest BCUT2D eigenvalue weighted by Crippen LogP contribution is 2.11. The third kappa shape index (κ3) is 3.45. The van der Waals surface area contributed by atoms with E-state index >= 15 is 0 Å². The van der Waals surface area contributed by atoms with Crippen molar-refractivity contribution >= 4 is 5.97 Å². The predicted octanol–water partition coefficient (Wildman–Crippen LogP) is 2.42. The van der Waals surface area contributed by atoms with Gasteiger partial charge in [-0.05, 0) is 12.8 Å². The highest BCUT2D eigenvalue weighted by Gasteiger charge is 2.10. The van der Waals surface area contributed by atoms with Crippen molar-refractivity contribution in [1.29, 1.82) is 0 Å². The van der Waals surface area contributed by atoms with E-state index in [1.54, 1.807) is 6.08 Å². The molecule has 0 saturated heterocycles. The smallest absolute Gasteiger partial charge is 0.334 e. The summed E-state index contributed by atoms with van der Waals surface area (Å²) in [5.74, 6) is -0.196. The Hall–Kier alpha value is -1.05. The van der Waals surface area contributed by atoms with Crippen LogP contribution < -0.4 is 0 Å². The van der Waals surface area contributed by atoms with Crippen LogP contribution in [-0.4, -0.2) is 12.6 Å². The standard InChI is InChI=1S/C11H15O2/c1-2-3-9-13-11(12)10-7-5-4-6-8-10/h4-5,7-8H,2-3,6,9H2,1H3. The summed E-state index contributed by atoms with van der Waals surface area (Å²) >= 11 is 0. The van der Waals surface area contributed by atoms with E-state index in [0.29, 0.717) is 12.2 Å². The lowest BCUT2D eigenvalue weighted by atomic mass is 10.1. The van der Waals surface area contributed by atoms with Gasteiger partial charge in [0.15, 0.2) is 0 Å². The van der Waals surface area contributed by atoms with Crippen LogP contribution in [0, 0.1) is 6.42 Å². The second kappa shape index (κ2) is 5.57. The number of esters is 1. The van der Waals surface area contributed by atoms with Crippen LogP contribution >= 0.6 is 0 Å². The Bertz CT molecular complexity index is 226. The van der Waals surface area contributed by atoms with E-state index in [4.69, 9.17) is 4.74 Å². The van der Waals surface area contributed by atoms with Crippen molar-refractivity contribution in [2.24, 2.45) is 0 Å². The molecule has 0 aromatic carbocycles. The van der Waals surface area contributed by atoms with E-state index in [-0.39, 0.29) is 5.97 Å². The summed E-state index contributed by atoms with van der Waals surface area (Å²) in [6.07, 6.45) is 10.4. The SMILES string of the molecule is CCCCOC(=O)C1=CC=CC[CH]1. The van der Waals surface area contributed by atoms with Gasteiger partial charge in [0, 0.05) is 12.0 Å². The van der Waals surface area contributed by atoms with Gasteiger partial charge in [-0.25, -0.2) is 4.79 Å². The number of unbranched alkanes of at least 4 members (excludes halogenated alkanes) is 1. The summed E-state index contributed by atoms with van der Waals surface area (Å²) < 4.78 is 5.05. The fourth-order valence-corrected chi connectivity index (χ4v) is 1.06. The van der Waals surface area contributed by atoms with Gasteiger partial charge < -0.3 is 4.74 Å². The molecule has 71 valence electrons. The zero-order valence-electron chi connectivity index (χ0n) is 7.95. The van der Waals surface area contributed by atoms with E-state index in [2.05, 4.69) is 6.92 Å². The van der Waals surface area contributed by atoms with E-state index in [1.165, 1.54) is 0 Å². The summed E-state index contributed by atoms with van der Waals surface area (Å²) in [6, 6.07) is 0. The second-order valence-corrected chi connectivity index (χ2v) is 2.98. The number of hydrogen-bond donors (Lipinski definition) is 0. The minimum atomic E-state index is -0.196. The Balaban J connectivity index is 2.30. The molecule has 0 saturated carbocycles. The van der Waals surface area contributed by atoms with Gasteiger partial charge in [0.25, 0.3) is 0 Å². The van der Waals surface area contributed by atoms with Gasteiger partial charge >= 0.3 is 5.97 Å². The van der Waals surface area contributed by atoms with Gasteiger partial charge in [0.1, 0.15) is 0 Å². The number of rotatable bonds is 4. The van der Waals surface area contributed by atoms with E-state index < -0.39 is 0 Å². The minimum absolute atomic E-state index is 0.196. The fourth-order valence-electron chi connectivity index (χ4n) is 1.06. The van der Waals surface area contributed by atoms with Crippen LogP contribution in [-0.2, 0) is 9.53 Å². The number of carbonyl (C=O) groups is 1. The molecular formula is C11H15O2. The van der Waals surface area contributed by atoms with Gasteiger partial charge in [0.05, 0.1) is 6.61 Å². The average molecular weight is 179 g/mol. The normalized spacial score (nSPS) is 15.3. The maximum atomic E-state index is 11.3. The molecule has 0 aromatic heterocycles. The number of hydrogen-bond acceptors (Lipinski definition) is 2. The molecule has 0 aliphatic heterocycles. The van der Waals surface area contributed by atoms with Crippen LogP contribution in [0.15, 0.2) is 23.8 Å². The zero-order chi connectivity index (χ0) is 9.52. The summed E-state index contributed by atoms with van der Waals surface area (Å²) in [5.41, 5.74) is 0.679. The number of carbonyl (C=O) groups excluding carboxylic acids is 1. The highest BCUT2D eigenvalue weighted by molar-refractivity contribution is 5.91. The van der Waals surface area contributed by atoms with Crippen LogP contribution in [0.1, 0.15) is 26.2 Å². The van der Waals surface area contributed by atoms with Crippen LogP contribution in [0.2, 0.25) is 0 Å². The van der Waals surface area contributed by atoms with Crippen molar-refractivity contribution in [3.8, 4) is 0 Å². The molecule has 2 nitrogen and oxygen atoms in total. The number of ether oxygens (including phenoxy) is 1. The largest absolute Gasteiger partial charge is 0.462 e. The minimum Gasteiger partial charge on any atom is -0.462 e. The second-order valence-electron chi connectivity index (χ2n) is 2.98. The Kier molecular flexibility index (Phi) is 4.30. The first kappa shape index (κ1) is 10.0. The summed E-state index contributed by atoms with van der Waals surface area (Å²) in [5, 5.41) is 0. The molecule has 1 radical (unpaired) electrons. The maximum absolute atomic E-state index is 11.3. The molecule has 1 aliphatic rings. The average Bonchev–Trinajstić information content (AvgIpc) is 2.19.